The summed E-state index contributed by atoms with van der Waals surface area (Å²) in [7, 11) is 0. The van der Waals surface area contributed by atoms with Crippen molar-refractivity contribution >= 4 is 23.5 Å². The van der Waals surface area contributed by atoms with Gasteiger partial charge in [-0.05, 0) is 72.1 Å². The highest BCUT2D eigenvalue weighted by Gasteiger charge is 2.43. The van der Waals surface area contributed by atoms with Gasteiger partial charge in [-0.15, -0.1) is 0 Å². The summed E-state index contributed by atoms with van der Waals surface area (Å²) in [6.07, 6.45) is 6.35. The van der Waals surface area contributed by atoms with Gasteiger partial charge in [-0.25, -0.2) is 18.6 Å². The molecule has 8 nitrogen and oxygen atoms in total. The molecular weight excluding hydrogens is 466 g/mol. The van der Waals surface area contributed by atoms with Gasteiger partial charge >= 0.3 is 6.03 Å². The van der Waals surface area contributed by atoms with Crippen LogP contribution in [-0.4, -0.2) is 57.2 Å². The van der Waals surface area contributed by atoms with E-state index in [1.54, 1.807) is 6.20 Å². The molecule has 10 heteroatoms. The summed E-state index contributed by atoms with van der Waals surface area (Å²) in [6.45, 7) is 10.6. The fourth-order valence-corrected chi connectivity index (χ4v) is 4.79. The molecule has 1 aromatic carbocycles. The number of nitrogens with zero attached hydrogens (tertiary/aromatic N) is 5. The zero-order valence-corrected chi connectivity index (χ0v) is 21.5. The first-order chi connectivity index (χ1) is 17.2. The number of anilines is 3. The molecule has 2 aromatic rings. The number of amides is 2. The summed E-state index contributed by atoms with van der Waals surface area (Å²) < 4.78 is 29.1. The summed E-state index contributed by atoms with van der Waals surface area (Å²) in [5.74, 6) is -1.88. The number of phenols is 1. The van der Waals surface area contributed by atoms with Crippen molar-refractivity contribution in [2.75, 3.05) is 28.2 Å². The molecule has 2 N–H and O–H groups in total. The number of aromatic hydroxyl groups is 1. The number of rotatable bonds is 11. The largest absolute Gasteiger partial charge is 0.505 e. The Kier molecular flexibility index (Phi) is 7.92. The molecule has 1 fully saturated rings. The average molecular weight is 503 g/mol. The van der Waals surface area contributed by atoms with E-state index in [1.807, 2.05) is 0 Å². The number of nitrogens with one attached hydrogen (secondary N) is 1. The van der Waals surface area contributed by atoms with Crippen molar-refractivity contribution in [1.82, 2.24) is 14.9 Å². The molecule has 0 bridgehead atoms. The summed E-state index contributed by atoms with van der Waals surface area (Å²) in [4.78, 5) is 27.3. The number of fused-ring (bicyclic) bond motifs is 1. The number of halogens is 2. The van der Waals surface area contributed by atoms with Crippen molar-refractivity contribution in [1.29, 1.82) is 0 Å². The fourth-order valence-electron chi connectivity index (χ4n) is 4.79. The van der Waals surface area contributed by atoms with Gasteiger partial charge in [0.25, 0.3) is 0 Å². The second kappa shape index (κ2) is 10.9. The second-order valence-electron chi connectivity index (χ2n) is 10.2. The van der Waals surface area contributed by atoms with Crippen molar-refractivity contribution in [3.63, 3.8) is 0 Å². The van der Waals surface area contributed by atoms with E-state index in [1.165, 1.54) is 4.90 Å². The molecule has 1 saturated carbocycles. The third-order valence-corrected chi connectivity index (χ3v) is 6.77. The molecule has 0 atom stereocenters. The van der Waals surface area contributed by atoms with Crippen LogP contribution in [0.15, 0.2) is 18.3 Å². The van der Waals surface area contributed by atoms with Gasteiger partial charge in [0.1, 0.15) is 17.3 Å². The molecule has 196 valence electrons. The smallest absolute Gasteiger partial charge is 0.330 e. The van der Waals surface area contributed by atoms with E-state index in [4.69, 9.17) is 0 Å². The van der Waals surface area contributed by atoms with Gasteiger partial charge in [0.15, 0.2) is 11.6 Å². The van der Waals surface area contributed by atoms with Crippen molar-refractivity contribution in [3.05, 3.63) is 35.5 Å². The summed E-state index contributed by atoms with van der Waals surface area (Å²) in [6, 6.07) is 2.31. The Morgan fingerprint density at radius 2 is 1.86 bits per heavy atom. The van der Waals surface area contributed by atoms with Gasteiger partial charge in [-0.2, -0.15) is 4.98 Å². The number of benzene rings is 1. The maximum atomic E-state index is 14.6. The number of phenolic OH excluding ortho intramolecular Hbond substituents is 1. The van der Waals surface area contributed by atoms with Gasteiger partial charge in [-0.3, -0.25) is 14.7 Å². The molecule has 1 aliphatic carbocycles. The number of hydrogen-bond acceptors (Lipinski definition) is 6. The lowest BCUT2D eigenvalue weighted by Gasteiger charge is -2.36. The van der Waals surface area contributed by atoms with Crippen LogP contribution in [0.1, 0.15) is 65.4 Å². The van der Waals surface area contributed by atoms with E-state index in [9.17, 15) is 18.7 Å². The van der Waals surface area contributed by atoms with E-state index < -0.39 is 29.1 Å². The molecule has 4 rings (SSSR count). The van der Waals surface area contributed by atoms with Crippen LogP contribution in [-0.2, 0) is 6.54 Å². The molecule has 1 aliphatic heterocycles. The predicted octanol–water partition coefficient (Wildman–Crippen LogP) is 5.27. The topological polar surface area (TPSA) is 84.8 Å². The monoisotopic (exact) mass is 502 g/mol. The number of aromatic nitrogens is 2. The molecule has 1 aromatic heterocycles. The highest BCUT2D eigenvalue weighted by Crippen LogP contribution is 2.40. The van der Waals surface area contributed by atoms with Crippen LogP contribution in [0.2, 0.25) is 0 Å². The first kappa shape index (κ1) is 26.1. The SMILES string of the molecule is CC(C)N(CCCCCNc1ncc2c(n1)N(C1CC1)C(=O)N(c1c(F)ccc(O)c1F)C2)C(C)C. The van der Waals surface area contributed by atoms with E-state index in [0.717, 1.165) is 55.7 Å². The first-order valence-electron chi connectivity index (χ1n) is 12.8. The number of carbonyl (C=O) groups excluding carboxylic acids is 1. The van der Waals surface area contributed by atoms with Gasteiger partial charge in [-0.1, -0.05) is 6.42 Å². The lowest BCUT2D eigenvalue weighted by atomic mass is 10.1. The zero-order valence-electron chi connectivity index (χ0n) is 21.5. The van der Waals surface area contributed by atoms with Gasteiger partial charge in [0.2, 0.25) is 5.95 Å². The highest BCUT2D eigenvalue weighted by atomic mass is 19.1. The number of urea groups is 1. The van der Waals surface area contributed by atoms with E-state index >= 15 is 0 Å². The van der Waals surface area contributed by atoms with Crippen LogP contribution in [0.4, 0.5) is 31.0 Å². The molecule has 36 heavy (non-hydrogen) atoms. The Morgan fingerprint density at radius 1 is 1.14 bits per heavy atom. The van der Waals surface area contributed by atoms with Crippen LogP contribution in [0.5, 0.6) is 5.75 Å². The predicted molar refractivity (Wildman–Crippen MR) is 136 cm³/mol. The van der Waals surface area contributed by atoms with Crippen molar-refractivity contribution in [3.8, 4) is 5.75 Å². The second-order valence-corrected chi connectivity index (χ2v) is 10.2. The van der Waals surface area contributed by atoms with Crippen LogP contribution >= 0.6 is 0 Å². The molecule has 2 aliphatic rings. The lowest BCUT2D eigenvalue weighted by molar-refractivity contribution is 0.171. The van der Waals surface area contributed by atoms with Crippen molar-refractivity contribution < 1.29 is 18.7 Å². The van der Waals surface area contributed by atoms with E-state index in [-0.39, 0.29) is 12.6 Å². The standard InChI is InChI=1S/C26H36F2N6O2/c1-16(2)32(17(3)4)13-7-5-6-12-29-25-30-14-18-15-33(23-20(27)10-11-21(35)22(23)28)26(36)34(19-8-9-19)24(18)31-25/h10-11,14,16-17,19,35H,5-9,12-13,15H2,1-4H3,(H,29,30,31). The van der Waals surface area contributed by atoms with Crippen molar-refractivity contribution in [2.45, 2.75) is 84.5 Å². The molecule has 0 spiro atoms. The first-order valence-corrected chi connectivity index (χ1v) is 12.8. The normalized spacial score (nSPS) is 15.9. The minimum atomic E-state index is -1.16. The van der Waals surface area contributed by atoms with Crippen LogP contribution < -0.4 is 15.1 Å². The third kappa shape index (κ3) is 5.53. The summed E-state index contributed by atoms with van der Waals surface area (Å²) in [5.41, 5.74) is 0.0312. The molecular formula is C26H36F2N6O2. The zero-order chi connectivity index (χ0) is 26.0. The van der Waals surface area contributed by atoms with Crippen LogP contribution in [0.3, 0.4) is 0 Å². The van der Waals surface area contributed by atoms with Crippen LogP contribution in [0.25, 0.3) is 0 Å². The third-order valence-electron chi connectivity index (χ3n) is 6.77. The van der Waals surface area contributed by atoms with Crippen LogP contribution in [0, 0.1) is 11.6 Å². The number of carbonyl (C=O) groups is 1. The molecule has 0 radical (unpaired) electrons. The minimum absolute atomic E-state index is 0.0740. The van der Waals surface area contributed by atoms with Gasteiger partial charge < -0.3 is 10.4 Å². The lowest BCUT2D eigenvalue weighted by Crippen LogP contribution is -2.49. The van der Waals surface area contributed by atoms with Crippen molar-refractivity contribution in [2.24, 2.45) is 0 Å². The molecule has 0 saturated heterocycles. The maximum absolute atomic E-state index is 14.6. The van der Waals surface area contributed by atoms with E-state index in [0.29, 0.717) is 36.0 Å². The fraction of sp³-hybridized carbons (Fsp3) is 0.577. The quantitative estimate of drug-likeness (QED) is 0.407. The maximum Gasteiger partial charge on any atom is 0.330 e. The Bertz CT molecular complexity index is 1080. The molecule has 0 unspecified atom stereocenters. The Hall–Kier alpha value is -3.01. The van der Waals surface area contributed by atoms with E-state index in [2.05, 4.69) is 47.9 Å². The summed E-state index contributed by atoms with van der Waals surface area (Å²) >= 11 is 0. The number of hydrogen-bond donors (Lipinski definition) is 2. The average Bonchev–Trinajstić information content (AvgIpc) is 3.66. The number of unbranched alkanes of at least 4 members (excludes halogenated alkanes) is 2. The Labute approximate surface area is 211 Å². The highest BCUT2D eigenvalue weighted by molar-refractivity contribution is 6.06. The van der Waals surface area contributed by atoms with Gasteiger partial charge in [0, 0.05) is 36.4 Å². The Balaban J connectivity index is 1.42. The summed E-state index contributed by atoms with van der Waals surface area (Å²) in [5, 5.41) is 13.0. The molecule has 2 amide bonds. The molecule has 2 heterocycles. The Morgan fingerprint density at radius 3 is 2.53 bits per heavy atom. The van der Waals surface area contributed by atoms with Gasteiger partial charge in [0.05, 0.1) is 6.54 Å². The minimum Gasteiger partial charge on any atom is -0.505 e.